The largest absolute Gasteiger partial charge is 0.368 e. The van der Waals surface area contributed by atoms with Gasteiger partial charge in [-0.15, -0.1) is 5.48 Å². The van der Waals surface area contributed by atoms with Gasteiger partial charge < -0.3 is 15.2 Å². The number of halogens is 2. The van der Waals surface area contributed by atoms with E-state index in [0.29, 0.717) is 5.06 Å². The normalized spacial score (nSPS) is 28.8. The maximum atomic E-state index is 13.6. The second-order valence-electron chi connectivity index (χ2n) is 4.11. The highest BCUT2D eigenvalue weighted by Crippen LogP contribution is 2.38. The van der Waals surface area contributed by atoms with Gasteiger partial charge in [-0.3, -0.25) is 19.4 Å². The number of guanidine groups is 1. The number of hydrogen-bond acceptors (Lipinski definition) is 12. The molecule has 1 heterocycles. The Morgan fingerprint density at radius 2 is 1.75 bits per heavy atom. The smallest absolute Gasteiger partial charge is 0.345 e. The fourth-order valence-electron chi connectivity index (χ4n) is 2.26. The topological polar surface area (TPSA) is 116 Å². The summed E-state index contributed by atoms with van der Waals surface area (Å²) in [4.78, 5) is 23.8. The van der Waals surface area contributed by atoms with Crippen LogP contribution in [-0.4, -0.2) is 82.3 Å². The van der Waals surface area contributed by atoms with Crippen LogP contribution in [0.4, 0.5) is 8.78 Å². The molecule has 0 aliphatic carbocycles. The van der Waals surface area contributed by atoms with Crippen LogP contribution in [0.15, 0.2) is 4.99 Å². The molecule has 1 rings (SSSR count). The standard InChI is InChI=1S/C10H22F2N6O6/c1-19-9(15-21-3)14-8(13)17(23-5)10(20-2,18(9)24-6)16(22-4)7(11)12/h7,15H,1-6H3,(H2,13,14). The van der Waals surface area contributed by atoms with Crippen LogP contribution in [0, 0.1) is 0 Å². The molecule has 14 heteroatoms. The van der Waals surface area contributed by atoms with Crippen LogP contribution in [-0.2, 0) is 28.8 Å². The molecule has 3 N–H and O–H groups in total. The monoisotopic (exact) mass is 360 g/mol. The highest BCUT2D eigenvalue weighted by atomic mass is 19.3. The molecule has 0 aromatic heterocycles. The van der Waals surface area contributed by atoms with Crippen molar-refractivity contribution in [2.75, 3.05) is 42.7 Å². The van der Waals surface area contributed by atoms with E-state index >= 15 is 0 Å². The van der Waals surface area contributed by atoms with Crippen LogP contribution >= 0.6 is 0 Å². The molecular formula is C10H22F2N6O6. The number of alkyl halides is 2. The molecule has 0 fully saturated rings. The first-order chi connectivity index (χ1) is 11.3. The van der Waals surface area contributed by atoms with E-state index in [0.717, 1.165) is 33.5 Å². The van der Waals surface area contributed by atoms with Crippen LogP contribution in [0.2, 0.25) is 0 Å². The Morgan fingerprint density at radius 3 is 2.08 bits per heavy atom. The first-order valence-corrected chi connectivity index (χ1v) is 6.41. The van der Waals surface area contributed by atoms with Crippen LogP contribution in [0.25, 0.3) is 0 Å². The SMILES string of the molecule is CONC1(OC)N=C(N)N(OC)C(OC)(N(OC)C(F)F)N1OC. The van der Waals surface area contributed by atoms with Gasteiger partial charge >= 0.3 is 18.5 Å². The summed E-state index contributed by atoms with van der Waals surface area (Å²) in [6.45, 7) is -3.19. The lowest BCUT2D eigenvalue weighted by Crippen LogP contribution is -2.82. The zero-order valence-corrected chi connectivity index (χ0v) is 14.1. The number of hydrogen-bond donors (Lipinski definition) is 2. The maximum Gasteiger partial charge on any atom is 0.345 e. The number of nitrogens with one attached hydrogen (secondary N) is 1. The first kappa shape index (κ1) is 20.8. The van der Waals surface area contributed by atoms with Crippen LogP contribution < -0.4 is 11.2 Å². The molecule has 0 saturated heterocycles. The van der Waals surface area contributed by atoms with Crippen molar-refractivity contribution in [1.29, 1.82) is 0 Å². The van der Waals surface area contributed by atoms with E-state index in [-0.39, 0.29) is 5.06 Å². The van der Waals surface area contributed by atoms with Crippen molar-refractivity contribution in [2.24, 2.45) is 10.7 Å². The van der Waals surface area contributed by atoms with Gasteiger partial charge in [0.2, 0.25) is 5.96 Å². The fraction of sp³-hybridized carbons (Fsp3) is 0.900. The third-order valence-electron chi connectivity index (χ3n) is 3.10. The van der Waals surface area contributed by atoms with E-state index in [2.05, 4.69) is 10.5 Å². The molecule has 2 atom stereocenters. The van der Waals surface area contributed by atoms with E-state index in [1.807, 2.05) is 0 Å². The van der Waals surface area contributed by atoms with Gasteiger partial charge in [-0.25, -0.2) is 0 Å². The minimum absolute atomic E-state index is 0.118. The number of aliphatic imine (C=N–C) groups is 1. The number of nitrogens with zero attached hydrogens (tertiary/aromatic N) is 4. The van der Waals surface area contributed by atoms with E-state index in [1.165, 1.54) is 14.2 Å². The first-order valence-electron chi connectivity index (χ1n) is 6.41. The molecule has 12 nitrogen and oxygen atoms in total. The lowest BCUT2D eigenvalue weighted by molar-refractivity contribution is -0.553. The average molecular weight is 360 g/mol. The van der Waals surface area contributed by atoms with Crippen molar-refractivity contribution in [2.45, 2.75) is 18.5 Å². The predicted octanol–water partition coefficient (Wildman–Crippen LogP) is -1.21. The molecule has 24 heavy (non-hydrogen) atoms. The van der Waals surface area contributed by atoms with Crippen molar-refractivity contribution in [3.63, 3.8) is 0 Å². The number of nitrogens with two attached hydrogens (primary N) is 1. The quantitative estimate of drug-likeness (QED) is 0.293. The highest BCUT2D eigenvalue weighted by molar-refractivity contribution is 5.78. The molecule has 0 amide bonds. The van der Waals surface area contributed by atoms with Gasteiger partial charge in [0.1, 0.15) is 0 Å². The molecule has 1 aliphatic heterocycles. The van der Waals surface area contributed by atoms with Crippen LogP contribution in [0.5, 0.6) is 0 Å². The maximum absolute atomic E-state index is 13.6. The summed E-state index contributed by atoms with van der Waals surface area (Å²) in [5, 5.41) is 1.53. The number of ether oxygens (including phenoxy) is 2. The molecule has 0 spiro atoms. The molecular weight excluding hydrogens is 338 g/mol. The molecule has 2 unspecified atom stereocenters. The zero-order chi connectivity index (χ0) is 18.5. The highest BCUT2D eigenvalue weighted by Gasteiger charge is 2.66. The van der Waals surface area contributed by atoms with Gasteiger partial charge in [0.05, 0.1) is 28.4 Å². The molecule has 0 saturated carbocycles. The Morgan fingerprint density at radius 1 is 1.12 bits per heavy atom. The average Bonchev–Trinajstić information content (AvgIpc) is 2.55. The van der Waals surface area contributed by atoms with Crippen LogP contribution in [0.1, 0.15) is 0 Å². The summed E-state index contributed by atoms with van der Waals surface area (Å²) in [7, 11) is 6.86. The van der Waals surface area contributed by atoms with E-state index in [9.17, 15) is 8.78 Å². The molecule has 0 aromatic rings. The minimum atomic E-state index is -3.19. The van der Waals surface area contributed by atoms with Crippen molar-refractivity contribution in [1.82, 2.24) is 20.7 Å². The number of hydroxylamine groups is 7. The van der Waals surface area contributed by atoms with Crippen molar-refractivity contribution in [3.8, 4) is 0 Å². The van der Waals surface area contributed by atoms with E-state index in [1.54, 1.807) is 0 Å². The molecule has 0 radical (unpaired) electrons. The summed E-state index contributed by atoms with van der Waals surface area (Å²) in [6.07, 6.45) is 0. The minimum Gasteiger partial charge on any atom is -0.368 e. The van der Waals surface area contributed by atoms with Crippen LogP contribution in [0.3, 0.4) is 0 Å². The summed E-state index contributed by atoms with van der Waals surface area (Å²) in [6, 6.07) is 0. The summed E-state index contributed by atoms with van der Waals surface area (Å²) < 4.78 is 37.7. The van der Waals surface area contributed by atoms with Gasteiger partial charge in [-0.1, -0.05) is 10.1 Å². The third kappa shape index (κ3) is 3.03. The third-order valence-corrected chi connectivity index (χ3v) is 3.10. The Bertz CT molecular complexity index is 448. The second-order valence-corrected chi connectivity index (χ2v) is 4.11. The zero-order valence-electron chi connectivity index (χ0n) is 14.1. The van der Waals surface area contributed by atoms with Gasteiger partial charge in [0.25, 0.3) is 0 Å². The van der Waals surface area contributed by atoms with Gasteiger partial charge in [0, 0.05) is 14.2 Å². The second kappa shape index (κ2) is 8.24. The Kier molecular flexibility index (Phi) is 7.14. The Hall–Kier alpha value is -1.23. The molecule has 1 aliphatic rings. The number of methoxy groups -OCH3 is 2. The molecule has 0 aromatic carbocycles. The van der Waals surface area contributed by atoms with Gasteiger partial charge in [-0.2, -0.15) is 18.8 Å². The van der Waals surface area contributed by atoms with E-state index < -0.39 is 24.5 Å². The van der Waals surface area contributed by atoms with Crippen molar-refractivity contribution in [3.05, 3.63) is 0 Å². The lowest BCUT2D eigenvalue weighted by Gasteiger charge is -2.55. The molecule has 0 bridgehead atoms. The Balaban J connectivity index is 3.69. The molecule has 142 valence electrons. The van der Waals surface area contributed by atoms with E-state index in [4.69, 9.17) is 34.6 Å². The fourth-order valence-corrected chi connectivity index (χ4v) is 2.26. The van der Waals surface area contributed by atoms with Gasteiger partial charge in [-0.05, 0) is 0 Å². The lowest BCUT2D eigenvalue weighted by atomic mass is 10.4. The van der Waals surface area contributed by atoms with Crippen molar-refractivity contribution < 1.29 is 37.6 Å². The number of rotatable bonds is 9. The predicted molar refractivity (Wildman–Crippen MR) is 73.8 cm³/mol. The summed E-state index contributed by atoms with van der Waals surface area (Å²) >= 11 is 0. The summed E-state index contributed by atoms with van der Waals surface area (Å²) in [5.41, 5.74) is 8.17. The van der Waals surface area contributed by atoms with Crippen molar-refractivity contribution >= 4 is 5.96 Å². The Labute approximate surface area is 137 Å². The van der Waals surface area contributed by atoms with Gasteiger partial charge in [0.15, 0.2) is 0 Å². The summed E-state index contributed by atoms with van der Waals surface area (Å²) in [5.74, 6) is -4.80.